The average molecular weight is 403 g/mol. The summed E-state index contributed by atoms with van der Waals surface area (Å²) in [6.45, 7) is 5.40. The number of hydrogen-bond donors (Lipinski definition) is 1. The van der Waals surface area contributed by atoms with Crippen molar-refractivity contribution in [1.82, 2.24) is 9.55 Å². The number of methoxy groups -OCH3 is 1. The quantitative estimate of drug-likeness (QED) is 0.692. The molecule has 0 fully saturated rings. The number of rotatable bonds is 2. The van der Waals surface area contributed by atoms with E-state index in [0.29, 0.717) is 33.4 Å². The van der Waals surface area contributed by atoms with E-state index in [1.54, 1.807) is 18.4 Å². The fraction of sp³-hybridized carbons (Fsp3) is 0.222. The molecule has 0 atom stereocenters. The van der Waals surface area contributed by atoms with Gasteiger partial charge in [0, 0.05) is 15.4 Å². The van der Waals surface area contributed by atoms with Gasteiger partial charge < -0.3 is 10.5 Å². The van der Waals surface area contributed by atoms with Crippen LogP contribution in [0.25, 0.3) is 16.7 Å². The van der Waals surface area contributed by atoms with Gasteiger partial charge in [-0.2, -0.15) is 5.26 Å². The number of nitrogens with zero attached hydrogens (tertiary/aromatic N) is 3. The number of hydrogen-bond acceptors (Lipinski definition) is 4. The highest BCUT2D eigenvalue weighted by Gasteiger charge is 2.23. The van der Waals surface area contributed by atoms with Crippen molar-refractivity contribution in [3.63, 3.8) is 0 Å². The van der Waals surface area contributed by atoms with Crippen molar-refractivity contribution in [2.45, 2.75) is 20.8 Å². The van der Waals surface area contributed by atoms with Crippen LogP contribution in [-0.4, -0.2) is 16.7 Å². The summed E-state index contributed by atoms with van der Waals surface area (Å²) in [6, 6.07) is 5.36. The Morgan fingerprint density at radius 3 is 2.60 bits per heavy atom. The van der Waals surface area contributed by atoms with Crippen LogP contribution in [-0.2, 0) is 0 Å². The van der Waals surface area contributed by atoms with E-state index in [9.17, 15) is 9.65 Å². The number of fused-ring (bicyclic) bond motifs is 1. The number of nitrogen functional groups attached to an aromatic ring is 1. The third-order valence-corrected chi connectivity index (χ3v) is 5.08. The molecule has 3 aromatic rings. The van der Waals surface area contributed by atoms with Crippen molar-refractivity contribution < 1.29 is 9.13 Å². The van der Waals surface area contributed by atoms with E-state index >= 15 is 0 Å². The van der Waals surface area contributed by atoms with E-state index in [-0.39, 0.29) is 11.6 Å². The predicted octanol–water partition coefficient (Wildman–Crippen LogP) is 4.31. The molecule has 0 aliphatic heterocycles. The standard InChI is InChI=1S/C18H16BrFN4O/c1-8-5-14(20)16(25-4)9(2)15(8)24-17(22)12(7-21)11-6-13(19)10(3)23-18(11)24/h5-6H,22H2,1-4H3. The molecule has 0 saturated carbocycles. The molecule has 0 amide bonds. The van der Waals surface area contributed by atoms with Crippen LogP contribution in [0.5, 0.6) is 5.75 Å². The molecular formula is C18H16BrFN4O. The van der Waals surface area contributed by atoms with Gasteiger partial charge in [0.2, 0.25) is 0 Å². The van der Waals surface area contributed by atoms with Crippen LogP contribution in [0.15, 0.2) is 16.6 Å². The molecule has 0 spiro atoms. The van der Waals surface area contributed by atoms with Gasteiger partial charge in [-0.3, -0.25) is 4.57 Å². The summed E-state index contributed by atoms with van der Waals surface area (Å²) < 4.78 is 21.9. The molecule has 25 heavy (non-hydrogen) atoms. The minimum atomic E-state index is -0.441. The van der Waals surface area contributed by atoms with E-state index in [4.69, 9.17) is 10.5 Å². The molecule has 1 aromatic carbocycles. The number of ether oxygens (including phenoxy) is 1. The molecule has 7 heteroatoms. The molecule has 0 aliphatic carbocycles. The van der Waals surface area contributed by atoms with Gasteiger partial charge in [-0.05, 0) is 54.4 Å². The van der Waals surface area contributed by atoms with Gasteiger partial charge in [0.05, 0.1) is 18.5 Å². The highest BCUT2D eigenvalue weighted by atomic mass is 79.9. The minimum Gasteiger partial charge on any atom is -0.493 e. The Balaban J connectivity index is 2.52. The van der Waals surface area contributed by atoms with Crippen molar-refractivity contribution in [3.05, 3.63) is 44.8 Å². The van der Waals surface area contributed by atoms with Crippen molar-refractivity contribution in [3.8, 4) is 17.5 Å². The molecule has 0 unspecified atom stereocenters. The fourth-order valence-electron chi connectivity index (χ4n) is 3.13. The van der Waals surface area contributed by atoms with Gasteiger partial charge in [0.25, 0.3) is 0 Å². The second-order valence-electron chi connectivity index (χ2n) is 5.82. The summed E-state index contributed by atoms with van der Waals surface area (Å²) in [4.78, 5) is 4.59. The van der Waals surface area contributed by atoms with Gasteiger partial charge in [-0.1, -0.05) is 0 Å². The molecule has 3 rings (SSSR count). The van der Waals surface area contributed by atoms with Crippen LogP contribution in [0, 0.1) is 37.9 Å². The molecule has 2 aromatic heterocycles. The topological polar surface area (TPSA) is 76.9 Å². The Bertz CT molecular complexity index is 1070. The fourth-order valence-corrected chi connectivity index (χ4v) is 3.45. The molecule has 0 radical (unpaired) electrons. The Kier molecular flexibility index (Phi) is 4.17. The van der Waals surface area contributed by atoms with Crippen molar-refractivity contribution in [2.75, 3.05) is 12.8 Å². The zero-order valence-electron chi connectivity index (χ0n) is 14.2. The highest BCUT2D eigenvalue weighted by Crippen LogP contribution is 2.38. The highest BCUT2D eigenvalue weighted by molar-refractivity contribution is 9.10. The molecule has 2 heterocycles. The zero-order chi connectivity index (χ0) is 18.5. The van der Waals surface area contributed by atoms with Gasteiger partial charge in [-0.25, -0.2) is 9.37 Å². The molecule has 0 saturated heterocycles. The first-order valence-corrected chi connectivity index (χ1v) is 8.32. The second-order valence-corrected chi connectivity index (χ2v) is 6.67. The number of halogens is 2. The van der Waals surface area contributed by atoms with Gasteiger partial charge >= 0.3 is 0 Å². The van der Waals surface area contributed by atoms with E-state index in [0.717, 1.165) is 10.2 Å². The molecule has 0 bridgehead atoms. The van der Waals surface area contributed by atoms with Crippen molar-refractivity contribution in [1.29, 1.82) is 5.26 Å². The number of aromatic nitrogens is 2. The van der Waals surface area contributed by atoms with Gasteiger partial charge in [-0.15, -0.1) is 0 Å². The number of aryl methyl sites for hydroxylation is 2. The SMILES string of the molecule is COc1c(F)cc(C)c(-n2c(N)c(C#N)c3cc(Br)c(C)nc32)c1C. The zero-order valence-corrected chi connectivity index (χ0v) is 15.8. The lowest BCUT2D eigenvalue weighted by Crippen LogP contribution is -2.08. The van der Waals surface area contributed by atoms with Gasteiger partial charge in [0.1, 0.15) is 23.1 Å². The third-order valence-electron chi connectivity index (χ3n) is 4.28. The molecule has 0 aliphatic rings. The first kappa shape index (κ1) is 17.2. The van der Waals surface area contributed by atoms with Crippen LogP contribution >= 0.6 is 15.9 Å². The van der Waals surface area contributed by atoms with Crippen LogP contribution in [0.1, 0.15) is 22.4 Å². The molecule has 2 N–H and O–H groups in total. The average Bonchev–Trinajstić information content (AvgIpc) is 2.80. The monoisotopic (exact) mass is 402 g/mol. The first-order valence-electron chi connectivity index (χ1n) is 7.53. The van der Waals surface area contributed by atoms with E-state index in [1.165, 1.54) is 13.2 Å². The van der Waals surface area contributed by atoms with Crippen molar-refractivity contribution in [2.24, 2.45) is 0 Å². The number of nitriles is 1. The Labute approximate surface area is 153 Å². The number of benzene rings is 1. The van der Waals surface area contributed by atoms with Crippen LogP contribution < -0.4 is 10.5 Å². The summed E-state index contributed by atoms with van der Waals surface area (Å²) in [5.41, 5.74) is 9.86. The lowest BCUT2D eigenvalue weighted by Gasteiger charge is -2.17. The normalized spacial score (nSPS) is 10.9. The Hall–Kier alpha value is -2.59. The maximum Gasteiger partial charge on any atom is 0.165 e. The lowest BCUT2D eigenvalue weighted by molar-refractivity contribution is 0.383. The summed E-state index contributed by atoms with van der Waals surface area (Å²) in [5.74, 6) is -0.0276. The summed E-state index contributed by atoms with van der Waals surface area (Å²) >= 11 is 3.44. The maximum absolute atomic E-state index is 14.2. The lowest BCUT2D eigenvalue weighted by atomic mass is 10.1. The van der Waals surface area contributed by atoms with Crippen LogP contribution in [0.4, 0.5) is 10.2 Å². The molecular weight excluding hydrogens is 387 g/mol. The number of nitrogens with two attached hydrogens (primary N) is 1. The molecule has 5 nitrogen and oxygen atoms in total. The van der Waals surface area contributed by atoms with Gasteiger partial charge in [0.15, 0.2) is 11.6 Å². The van der Waals surface area contributed by atoms with E-state index in [2.05, 4.69) is 27.0 Å². The van der Waals surface area contributed by atoms with Crippen LogP contribution in [0.3, 0.4) is 0 Å². The Morgan fingerprint density at radius 1 is 1.32 bits per heavy atom. The van der Waals surface area contributed by atoms with Crippen molar-refractivity contribution >= 4 is 32.8 Å². The predicted molar refractivity (Wildman–Crippen MR) is 98.6 cm³/mol. The van der Waals surface area contributed by atoms with E-state index < -0.39 is 5.82 Å². The molecule has 128 valence electrons. The van der Waals surface area contributed by atoms with E-state index in [1.807, 2.05) is 13.0 Å². The minimum absolute atomic E-state index is 0.147. The third kappa shape index (κ3) is 2.45. The summed E-state index contributed by atoms with van der Waals surface area (Å²) in [6.07, 6.45) is 0. The number of pyridine rings is 1. The first-order chi connectivity index (χ1) is 11.8. The number of anilines is 1. The summed E-state index contributed by atoms with van der Waals surface area (Å²) in [7, 11) is 1.42. The smallest absolute Gasteiger partial charge is 0.165 e. The largest absolute Gasteiger partial charge is 0.493 e. The second kappa shape index (κ2) is 6.05. The maximum atomic E-state index is 14.2. The van der Waals surface area contributed by atoms with Crippen LogP contribution in [0.2, 0.25) is 0 Å². The Morgan fingerprint density at radius 2 is 2.00 bits per heavy atom. The summed E-state index contributed by atoms with van der Waals surface area (Å²) in [5, 5.41) is 10.2.